The molecule has 0 heterocycles. The van der Waals surface area contributed by atoms with Crippen LogP contribution in [0, 0.1) is 5.92 Å². The standard InChI is InChI=1S/C9H16O2/c1-3-4-5-6-7-8(2)9(10)11/h3,8H,1,4-7H2,2H3,(H,10,11). The van der Waals surface area contributed by atoms with Gasteiger partial charge in [-0.2, -0.15) is 0 Å². The zero-order valence-electron chi connectivity index (χ0n) is 7.05. The molecule has 11 heavy (non-hydrogen) atoms. The second-order valence-corrected chi connectivity index (χ2v) is 2.81. The van der Waals surface area contributed by atoms with Gasteiger partial charge in [-0.15, -0.1) is 6.58 Å². The number of unbranched alkanes of at least 4 members (excludes halogenated alkanes) is 2. The molecule has 0 aromatic rings. The van der Waals surface area contributed by atoms with Gasteiger partial charge in [0.25, 0.3) is 0 Å². The summed E-state index contributed by atoms with van der Waals surface area (Å²) in [7, 11) is 0. The molecule has 0 rings (SSSR count). The lowest BCUT2D eigenvalue weighted by atomic mass is 10.0. The Kier molecular flexibility index (Phi) is 5.53. The zero-order valence-corrected chi connectivity index (χ0v) is 7.05. The molecule has 0 radical (unpaired) electrons. The number of aliphatic carboxylic acids is 1. The molecule has 0 aliphatic carbocycles. The van der Waals surface area contributed by atoms with E-state index in [4.69, 9.17) is 5.11 Å². The van der Waals surface area contributed by atoms with Crippen molar-refractivity contribution < 1.29 is 9.90 Å². The molecule has 0 aromatic carbocycles. The Morgan fingerprint density at radius 1 is 1.64 bits per heavy atom. The van der Waals surface area contributed by atoms with Crippen LogP contribution < -0.4 is 0 Å². The average molecular weight is 156 g/mol. The predicted octanol–water partition coefficient (Wildman–Crippen LogP) is 2.45. The molecule has 0 saturated carbocycles. The Labute approximate surface area is 67.9 Å². The molecule has 0 aromatic heterocycles. The molecule has 1 N–H and O–H groups in total. The highest BCUT2D eigenvalue weighted by Gasteiger charge is 2.08. The first-order valence-corrected chi connectivity index (χ1v) is 4.02. The summed E-state index contributed by atoms with van der Waals surface area (Å²) in [6.45, 7) is 5.34. The van der Waals surface area contributed by atoms with E-state index in [1.54, 1.807) is 6.92 Å². The molecule has 2 nitrogen and oxygen atoms in total. The number of hydrogen-bond donors (Lipinski definition) is 1. The maximum absolute atomic E-state index is 10.3. The second-order valence-electron chi connectivity index (χ2n) is 2.81. The predicted molar refractivity (Wildman–Crippen MR) is 45.5 cm³/mol. The zero-order chi connectivity index (χ0) is 8.69. The summed E-state index contributed by atoms with van der Waals surface area (Å²) in [6.07, 6.45) is 5.68. The van der Waals surface area contributed by atoms with Crippen molar-refractivity contribution in [2.24, 2.45) is 5.92 Å². The van der Waals surface area contributed by atoms with Crippen molar-refractivity contribution >= 4 is 5.97 Å². The molecule has 0 fully saturated rings. The summed E-state index contributed by atoms with van der Waals surface area (Å²) in [4.78, 5) is 10.3. The van der Waals surface area contributed by atoms with E-state index >= 15 is 0 Å². The molecular formula is C9H16O2. The molecule has 0 aliphatic rings. The van der Waals surface area contributed by atoms with Gasteiger partial charge in [-0.05, 0) is 19.3 Å². The van der Waals surface area contributed by atoms with Gasteiger partial charge in [-0.1, -0.05) is 19.4 Å². The third-order valence-electron chi connectivity index (χ3n) is 1.72. The normalized spacial score (nSPS) is 12.5. The topological polar surface area (TPSA) is 37.3 Å². The van der Waals surface area contributed by atoms with Crippen molar-refractivity contribution in [3.05, 3.63) is 12.7 Å². The fourth-order valence-electron chi connectivity index (χ4n) is 0.863. The summed E-state index contributed by atoms with van der Waals surface area (Å²) in [5.74, 6) is -0.886. The quantitative estimate of drug-likeness (QED) is 0.473. The maximum atomic E-state index is 10.3. The Hall–Kier alpha value is -0.790. The summed E-state index contributed by atoms with van der Waals surface area (Å²) in [5, 5.41) is 8.52. The number of carbonyl (C=O) groups is 1. The van der Waals surface area contributed by atoms with E-state index in [9.17, 15) is 4.79 Å². The Morgan fingerprint density at radius 3 is 2.73 bits per heavy atom. The minimum Gasteiger partial charge on any atom is -0.481 e. The van der Waals surface area contributed by atoms with Gasteiger partial charge in [0.05, 0.1) is 5.92 Å². The monoisotopic (exact) mass is 156 g/mol. The van der Waals surface area contributed by atoms with Crippen LogP contribution >= 0.6 is 0 Å². The highest BCUT2D eigenvalue weighted by molar-refractivity contribution is 5.69. The fraction of sp³-hybridized carbons (Fsp3) is 0.667. The Balaban J connectivity index is 3.24. The summed E-state index contributed by atoms with van der Waals surface area (Å²) in [5.41, 5.74) is 0. The first kappa shape index (κ1) is 10.2. The van der Waals surface area contributed by atoms with E-state index in [0.717, 1.165) is 25.7 Å². The Morgan fingerprint density at radius 2 is 2.27 bits per heavy atom. The SMILES string of the molecule is C=CCCCCC(C)C(=O)O. The van der Waals surface area contributed by atoms with E-state index in [-0.39, 0.29) is 5.92 Å². The molecule has 0 saturated heterocycles. The summed E-state index contributed by atoms with van der Waals surface area (Å²) >= 11 is 0. The van der Waals surface area contributed by atoms with Crippen molar-refractivity contribution in [3.63, 3.8) is 0 Å². The first-order valence-electron chi connectivity index (χ1n) is 4.02. The van der Waals surface area contributed by atoms with Crippen LogP contribution in [0.2, 0.25) is 0 Å². The van der Waals surface area contributed by atoms with Crippen molar-refractivity contribution in [2.75, 3.05) is 0 Å². The molecule has 0 aliphatic heterocycles. The van der Waals surface area contributed by atoms with Gasteiger partial charge in [0.1, 0.15) is 0 Å². The number of allylic oxidation sites excluding steroid dienone is 1. The largest absolute Gasteiger partial charge is 0.481 e. The molecule has 2 heteroatoms. The van der Waals surface area contributed by atoms with Crippen molar-refractivity contribution in [1.82, 2.24) is 0 Å². The van der Waals surface area contributed by atoms with E-state index in [0.29, 0.717) is 0 Å². The molecular weight excluding hydrogens is 140 g/mol. The lowest BCUT2D eigenvalue weighted by molar-refractivity contribution is -0.141. The van der Waals surface area contributed by atoms with Gasteiger partial charge in [0, 0.05) is 0 Å². The van der Waals surface area contributed by atoms with Gasteiger partial charge in [-0.3, -0.25) is 4.79 Å². The first-order chi connectivity index (χ1) is 5.18. The van der Waals surface area contributed by atoms with E-state index in [2.05, 4.69) is 6.58 Å². The minimum absolute atomic E-state index is 0.195. The van der Waals surface area contributed by atoms with E-state index in [1.807, 2.05) is 6.08 Å². The molecule has 1 unspecified atom stereocenters. The van der Waals surface area contributed by atoms with Crippen LogP contribution in [0.1, 0.15) is 32.6 Å². The molecule has 1 atom stereocenters. The van der Waals surface area contributed by atoms with Gasteiger partial charge >= 0.3 is 5.97 Å². The van der Waals surface area contributed by atoms with Crippen molar-refractivity contribution in [2.45, 2.75) is 32.6 Å². The smallest absolute Gasteiger partial charge is 0.306 e. The fourth-order valence-corrected chi connectivity index (χ4v) is 0.863. The highest BCUT2D eigenvalue weighted by Crippen LogP contribution is 2.09. The second kappa shape index (κ2) is 5.96. The van der Waals surface area contributed by atoms with Gasteiger partial charge in [-0.25, -0.2) is 0 Å². The van der Waals surface area contributed by atoms with Crippen LogP contribution in [-0.4, -0.2) is 11.1 Å². The lowest BCUT2D eigenvalue weighted by Gasteiger charge is -2.03. The summed E-state index contributed by atoms with van der Waals surface area (Å²) in [6, 6.07) is 0. The molecule has 0 bridgehead atoms. The third kappa shape index (κ3) is 5.64. The minimum atomic E-state index is -0.691. The van der Waals surface area contributed by atoms with Crippen LogP contribution in [0.25, 0.3) is 0 Å². The third-order valence-corrected chi connectivity index (χ3v) is 1.72. The van der Waals surface area contributed by atoms with Gasteiger partial charge < -0.3 is 5.11 Å². The van der Waals surface area contributed by atoms with Crippen LogP contribution in [0.5, 0.6) is 0 Å². The van der Waals surface area contributed by atoms with Crippen LogP contribution in [0.15, 0.2) is 12.7 Å². The number of carboxylic acid groups (broad SMARTS) is 1. The number of rotatable bonds is 6. The highest BCUT2D eigenvalue weighted by atomic mass is 16.4. The number of carboxylic acids is 1. The van der Waals surface area contributed by atoms with Gasteiger partial charge in [0.2, 0.25) is 0 Å². The van der Waals surface area contributed by atoms with Crippen molar-refractivity contribution in [3.8, 4) is 0 Å². The van der Waals surface area contributed by atoms with Crippen LogP contribution in [0.3, 0.4) is 0 Å². The van der Waals surface area contributed by atoms with Crippen LogP contribution in [0.4, 0.5) is 0 Å². The Bertz CT molecular complexity index is 130. The maximum Gasteiger partial charge on any atom is 0.306 e. The molecule has 0 amide bonds. The average Bonchev–Trinajstić information content (AvgIpc) is 1.97. The van der Waals surface area contributed by atoms with E-state index in [1.165, 1.54) is 0 Å². The van der Waals surface area contributed by atoms with Crippen molar-refractivity contribution in [1.29, 1.82) is 0 Å². The van der Waals surface area contributed by atoms with Crippen LogP contribution in [-0.2, 0) is 4.79 Å². The summed E-state index contributed by atoms with van der Waals surface area (Å²) < 4.78 is 0. The molecule has 0 spiro atoms. The lowest BCUT2D eigenvalue weighted by Crippen LogP contribution is -2.08. The molecule has 64 valence electrons. The van der Waals surface area contributed by atoms with Gasteiger partial charge in [0.15, 0.2) is 0 Å². The number of hydrogen-bond acceptors (Lipinski definition) is 1. The van der Waals surface area contributed by atoms with E-state index < -0.39 is 5.97 Å².